The molecule has 4 nitrogen and oxygen atoms in total. The van der Waals surface area contributed by atoms with E-state index in [2.05, 4.69) is 25.7 Å². The predicted molar refractivity (Wildman–Crippen MR) is 86.2 cm³/mol. The van der Waals surface area contributed by atoms with Crippen LogP contribution in [0.15, 0.2) is 18.2 Å². The van der Waals surface area contributed by atoms with Crippen LogP contribution >= 0.6 is 0 Å². The van der Waals surface area contributed by atoms with Crippen molar-refractivity contribution in [1.82, 2.24) is 0 Å². The van der Waals surface area contributed by atoms with E-state index in [0.717, 1.165) is 12.0 Å². The van der Waals surface area contributed by atoms with E-state index in [1.54, 1.807) is 14.2 Å². The summed E-state index contributed by atoms with van der Waals surface area (Å²) in [5.41, 5.74) is -0.241. The van der Waals surface area contributed by atoms with Crippen LogP contribution in [0.1, 0.15) is 25.3 Å². The molecular formula is C16H25NO3Si. The first-order valence-corrected chi connectivity index (χ1v) is 10.6. The number of benzene rings is 1. The molecule has 0 bridgehead atoms. The molecule has 0 aromatic heterocycles. The number of nitriles is 1. The maximum atomic E-state index is 9.86. The van der Waals surface area contributed by atoms with Crippen molar-refractivity contribution in [3.8, 4) is 17.6 Å². The Hall–Kier alpha value is -1.51. The van der Waals surface area contributed by atoms with E-state index in [1.165, 1.54) is 0 Å². The van der Waals surface area contributed by atoms with Gasteiger partial charge in [0.25, 0.3) is 0 Å². The van der Waals surface area contributed by atoms with E-state index >= 15 is 0 Å². The van der Waals surface area contributed by atoms with Gasteiger partial charge in [-0.1, -0.05) is 13.3 Å². The van der Waals surface area contributed by atoms with Crippen LogP contribution in [-0.2, 0) is 10.0 Å². The average molecular weight is 307 g/mol. The molecular weight excluding hydrogens is 282 g/mol. The molecule has 1 aromatic rings. The van der Waals surface area contributed by atoms with Crippen LogP contribution in [0.2, 0.25) is 19.6 Å². The molecule has 0 saturated carbocycles. The van der Waals surface area contributed by atoms with E-state index in [-0.39, 0.29) is 0 Å². The van der Waals surface area contributed by atoms with Crippen LogP contribution in [0.4, 0.5) is 0 Å². The topological polar surface area (TPSA) is 51.5 Å². The molecule has 0 fully saturated rings. The summed E-state index contributed by atoms with van der Waals surface area (Å²) in [6.07, 6.45) is 1.47. The summed E-state index contributed by atoms with van der Waals surface area (Å²) < 4.78 is 17.0. The number of ether oxygens (including phenoxy) is 2. The van der Waals surface area contributed by atoms with Crippen LogP contribution in [-0.4, -0.2) is 22.5 Å². The molecule has 0 heterocycles. The maximum absolute atomic E-state index is 9.86. The third kappa shape index (κ3) is 4.23. The Balaban J connectivity index is 3.47. The van der Waals surface area contributed by atoms with Gasteiger partial charge in [0.05, 0.1) is 14.2 Å². The normalized spacial score (nSPS) is 14.1. The van der Waals surface area contributed by atoms with Crippen molar-refractivity contribution in [3.63, 3.8) is 0 Å². The first-order chi connectivity index (χ1) is 9.81. The van der Waals surface area contributed by atoms with Crippen LogP contribution in [0.5, 0.6) is 11.5 Å². The Kier molecular flexibility index (Phi) is 5.82. The SMILES string of the molecule is CCCC(C#N)(O[Si](C)(C)C)c1cc(OC)ccc1OC. The lowest BCUT2D eigenvalue weighted by atomic mass is 9.90. The highest BCUT2D eigenvalue weighted by Crippen LogP contribution is 2.40. The number of nitrogens with zero attached hydrogens (tertiary/aromatic N) is 1. The fourth-order valence-electron chi connectivity index (χ4n) is 2.38. The fourth-order valence-corrected chi connectivity index (χ4v) is 3.69. The van der Waals surface area contributed by atoms with E-state index in [1.807, 2.05) is 25.1 Å². The average Bonchev–Trinajstić information content (AvgIpc) is 2.44. The van der Waals surface area contributed by atoms with Gasteiger partial charge in [0.2, 0.25) is 0 Å². The van der Waals surface area contributed by atoms with Crippen LogP contribution in [0.3, 0.4) is 0 Å². The smallest absolute Gasteiger partial charge is 0.186 e. The molecule has 1 rings (SSSR count). The largest absolute Gasteiger partial charge is 0.497 e. The van der Waals surface area contributed by atoms with Gasteiger partial charge in [-0.25, -0.2) is 0 Å². The second kappa shape index (κ2) is 6.97. The minimum atomic E-state index is -1.92. The Bertz CT molecular complexity index is 519. The molecule has 1 aromatic carbocycles. The maximum Gasteiger partial charge on any atom is 0.186 e. The molecule has 1 atom stereocenters. The molecule has 5 heteroatoms. The lowest BCUT2D eigenvalue weighted by molar-refractivity contribution is 0.104. The Morgan fingerprint density at radius 2 is 1.86 bits per heavy atom. The van der Waals surface area contributed by atoms with Gasteiger partial charge in [-0.3, -0.25) is 0 Å². The quantitative estimate of drug-likeness (QED) is 0.712. The molecule has 0 N–H and O–H groups in total. The van der Waals surface area contributed by atoms with Crippen molar-refractivity contribution in [3.05, 3.63) is 23.8 Å². The molecule has 21 heavy (non-hydrogen) atoms. The number of rotatable bonds is 7. The fraction of sp³-hybridized carbons (Fsp3) is 0.562. The van der Waals surface area contributed by atoms with E-state index < -0.39 is 13.9 Å². The lowest BCUT2D eigenvalue weighted by Crippen LogP contribution is -2.40. The summed E-state index contributed by atoms with van der Waals surface area (Å²) in [6.45, 7) is 8.30. The first kappa shape index (κ1) is 17.5. The van der Waals surface area contributed by atoms with Crippen molar-refractivity contribution < 1.29 is 13.9 Å². The van der Waals surface area contributed by atoms with Gasteiger partial charge in [-0.2, -0.15) is 5.26 Å². The molecule has 1 unspecified atom stereocenters. The van der Waals surface area contributed by atoms with Crippen molar-refractivity contribution in [2.24, 2.45) is 0 Å². The summed E-state index contributed by atoms with van der Waals surface area (Å²) in [5.74, 6) is 1.35. The molecule has 0 amide bonds. The van der Waals surface area contributed by atoms with Crippen molar-refractivity contribution in [2.75, 3.05) is 14.2 Å². The van der Waals surface area contributed by atoms with Gasteiger partial charge < -0.3 is 13.9 Å². The number of hydrogen-bond donors (Lipinski definition) is 0. The zero-order chi connectivity index (χ0) is 16.1. The van der Waals surface area contributed by atoms with Crippen LogP contribution in [0, 0.1) is 11.3 Å². The first-order valence-electron chi connectivity index (χ1n) is 7.16. The van der Waals surface area contributed by atoms with Crippen molar-refractivity contribution in [2.45, 2.75) is 45.0 Å². The van der Waals surface area contributed by atoms with E-state index in [0.29, 0.717) is 17.9 Å². The van der Waals surface area contributed by atoms with Gasteiger partial charge in [0, 0.05) is 5.56 Å². The summed E-state index contributed by atoms with van der Waals surface area (Å²) in [4.78, 5) is 0. The molecule has 0 aliphatic rings. The van der Waals surface area contributed by atoms with Gasteiger partial charge in [0.1, 0.15) is 17.6 Å². The highest BCUT2D eigenvalue weighted by molar-refractivity contribution is 6.69. The van der Waals surface area contributed by atoms with Gasteiger partial charge >= 0.3 is 0 Å². The molecule has 0 aliphatic heterocycles. The van der Waals surface area contributed by atoms with Crippen LogP contribution < -0.4 is 9.47 Å². The summed E-state index contributed by atoms with van der Waals surface area (Å²) in [6, 6.07) is 7.88. The zero-order valence-electron chi connectivity index (χ0n) is 13.8. The predicted octanol–water partition coefficient (Wildman–Crippen LogP) is 4.07. The van der Waals surface area contributed by atoms with Gasteiger partial charge in [-0.05, 0) is 44.3 Å². The Morgan fingerprint density at radius 1 is 1.19 bits per heavy atom. The number of hydrogen-bond acceptors (Lipinski definition) is 4. The Labute approximate surface area is 128 Å². The van der Waals surface area contributed by atoms with Crippen molar-refractivity contribution in [1.29, 1.82) is 5.26 Å². The summed E-state index contributed by atoms with van der Waals surface area (Å²) >= 11 is 0. The molecule has 0 saturated heterocycles. The standard InChI is InChI=1S/C16H25NO3Si/c1-7-10-16(12-17,20-21(4,5)6)14-11-13(18-2)8-9-15(14)19-3/h8-9,11H,7,10H2,1-6H3. The van der Waals surface area contributed by atoms with Gasteiger partial charge in [-0.15, -0.1) is 0 Å². The van der Waals surface area contributed by atoms with Crippen LogP contribution in [0.25, 0.3) is 0 Å². The van der Waals surface area contributed by atoms with Crippen molar-refractivity contribution >= 4 is 8.32 Å². The third-order valence-electron chi connectivity index (χ3n) is 3.10. The molecule has 0 radical (unpaired) electrons. The highest BCUT2D eigenvalue weighted by atomic mass is 28.4. The second-order valence-corrected chi connectivity index (χ2v) is 10.4. The second-order valence-electron chi connectivity index (χ2n) is 5.97. The highest BCUT2D eigenvalue weighted by Gasteiger charge is 2.40. The van der Waals surface area contributed by atoms with Gasteiger partial charge in [0.15, 0.2) is 13.9 Å². The summed E-state index contributed by atoms with van der Waals surface area (Å²) in [5, 5.41) is 9.86. The minimum Gasteiger partial charge on any atom is -0.497 e. The minimum absolute atomic E-state index is 0.622. The molecule has 0 spiro atoms. The zero-order valence-corrected chi connectivity index (χ0v) is 14.8. The van der Waals surface area contributed by atoms with E-state index in [4.69, 9.17) is 13.9 Å². The number of methoxy groups -OCH3 is 2. The monoisotopic (exact) mass is 307 g/mol. The molecule has 0 aliphatic carbocycles. The lowest BCUT2D eigenvalue weighted by Gasteiger charge is -2.35. The summed E-state index contributed by atoms with van der Waals surface area (Å²) in [7, 11) is 1.30. The molecule has 116 valence electrons. The Morgan fingerprint density at radius 3 is 2.29 bits per heavy atom. The van der Waals surface area contributed by atoms with E-state index in [9.17, 15) is 5.26 Å². The third-order valence-corrected chi connectivity index (χ3v) is 4.07.